The van der Waals surface area contributed by atoms with Gasteiger partial charge in [-0.05, 0) is 6.92 Å². The van der Waals surface area contributed by atoms with Gasteiger partial charge in [-0.25, -0.2) is 4.98 Å². The van der Waals surface area contributed by atoms with E-state index in [1.54, 1.807) is 0 Å². The molecule has 12 heavy (non-hydrogen) atoms. The Morgan fingerprint density at radius 3 is 2.50 bits per heavy atom. The Morgan fingerprint density at radius 2 is 2.00 bits per heavy atom. The van der Waals surface area contributed by atoms with E-state index in [0.717, 1.165) is 24.1 Å². The van der Waals surface area contributed by atoms with E-state index in [1.807, 2.05) is 19.9 Å². The molecule has 0 aliphatic rings. The van der Waals surface area contributed by atoms with Gasteiger partial charge in [0.1, 0.15) is 0 Å². The number of aromatic hydroxyl groups is 1. The van der Waals surface area contributed by atoms with Crippen molar-refractivity contribution < 1.29 is 10.1 Å². The van der Waals surface area contributed by atoms with E-state index < -0.39 is 0 Å². The fourth-order valence-electron chi connectivity index (χ4n) is 1.30. The summed E-state index contributed by atoms with van der Waals surface area (Å²) >= 11 is 0. The molecule has 0 aliphatic heterocycles. The molecule has 0 saturated carbocycles. The molecule has 0 amide bonds. The van der Waals surface area contributed by atoms with Crippen molar-refractivity contribution >= 4 is 0 Å². The Hall–Kier alpha value is -1.05. The molecule has 0 fully saturated rings. The predicted molar refractivity (Wildman–Crippen MR) is 48.2 cm³/mol. The summed E-state index contributed by atoms with van der Waals surface area (Å²) in [6, 6.07) is 1.99. The first kappa shape index (κ1) is 9.04. The minimum atomic E-state index is 0.412. The number of aryl methyl sites for hydroxylation is 3. The second kappa shape index (κ2) is 3.57. The zero-order valence-electron chi connectivity index (χ0n) is 7.94. The van der Waals surface area contributed by atoms with Crippen LogP contribution in [-0.4, -0.2) is 5.11 Å². The first-order chi connectivity index (χ1) is 5.69. The van der Waals surface area contributed by atoms with Crippen molar-refractivity contribution in [1.29, 1.82) is 0 Å². The zero-order chi connectivity index (χ0) is 9.14. The predicted octanol–water partition coefficient (Wildman–Crippen LogP) is 1.64. The van der Waals surface area contributed by atoms with E-state index in [2.05, 4.69) is 11.9 Å². The average Bonchev–Trinajstić information content (AvgIpc) is 2.09. The number of pyridine rings is 1. The van der Waals surface area contributed by atoms with Crippen molar-refractivity contribution in [2.24, 2.45) is 0 Å². The van der Waals surface area contributed by atoms with Gasteiger partial charge in [0.2, 0.25) is 5.69 Å². The third-order valence-corrected chi connectivity index (χ3v) is 2.10. The van der Waals surface area contributed by atoms with Crippen LogP contribution < -0.4 is 4.98 Å². The summed E-state index contributed by atoms with van der Waals surface area (Å²) in [6.45, 7) is 6.06. The van der Waals surface area contributed by atoms with Crippen molar-refractivity contribution in [3.05, 3.63) is 23.0 Å². The van der Waals surface area contributed by atoms with Gasteiger partial charge in [0.25, 0.3) is 0 Å². The summed E-state index contributed by atoms with van der Waals surface area (Å²) in [5, 5.41) is 9.59. The molecule has 2 nitrogen and oxygen atoms in total. The van der Waals surface area contributed by atoms with Crippen LogP contribution in [0, 0.1) is 6.92 Å². The van der Waals surface area contributed by atoms with Gasteiger partial charge in [0, 0.05) is 24.5 Å². The second-order valence-corrected chi connectivity index (χ2v) is 3.01. The second-order valence-electron chi connectivity index (χ2n) is 3.01. The molecule has 2 heteroatoms. The molecule has 0 spiro atoms. The maximum absolute atomic E-state index is 9.59. The monoisotopic (exact) mass is 166 g/mol. The molecule has 0 aromatic carbocycles. The highest BCUT2D eigenvalue weighted by Crippen LogP contribution is 2.18. The molecular formula is C10H16NO+. The summed E-state index contributed by atoms with van der Waals surface area (Å²) in [5.41, 5.74) is 3.08. The van der Waals surface area contributed by atoms with Crippen LogP contribution in [0.1, 0.15) is 30.8 Å². The van der Waals surface area contributed by atoms with E-state index in [1.165, 1.54) is 5.69 Å². The fraction of sp³-hybridized carbons (Fsp3) is 0.500. The average molecular weight is 166 g/mol. The molecule has 1 aromatic rings. The minimum absolute atomic E-state index is 0.412. The summed E-state index contributed by atoms with van der Waals surface area (Å²) < 4.78 is 0. The number of hydrogen-bond acceptors (Lipinski definition) is 1. The van der Waals surface area contributed by atoms with Crippen molar-refractivity contribution in [3.8, 4) is 5.75 Å². The van der Waals surface area contributed by atoms with E-state index in [9.17, 15) is 5.11 Å². The van der Waals surface area contributed by atoms with Crippen LogP contribution in [0.5, 0.6) is 5.75 Å². The van der Waals surface area contributed by atoms with Gasteiger partial charge in [-0.1, -0.05) is 13.8 Å². The molecule has 0 atom stereocenters. The maximum Gasteiger partial charge on any atom is 0.221 e. The lowest BCUT2D eigenvalue weighted by molar-refractivity contribution is -0.402. The van der Waals surface area contributed by atoms with Crippen molar-refractivity contribution in [1.82, 2.24) is 0 Å². The lowest BCUT2D eigenvalue weighted by Crippen LogP contribution is -2.17. The lowest BCUT2D eigenvalue weighted by Gasteiger charge is -2.00. The molecular weight excluding hydrogens is 150 g/mol. The molecule has 66 valence electrons. The lowest BCUT2D eigenvalue weighted by atomic mass is 10.1. The van der Waals surface area contributed by atoms with Gasteiger partial charge in [0.05, 0.1) is 0 Å². The largest absolute Gasteiger partial charge is 0.502 e. The van der Waals surface area contributed by atoms with E-state index in [4.69, 9.17) is 0 Å². The number of rotatable bonds is 2. The number of hydrogen-bond donors (Lipinski definition) is 1. The molecule has 2 N–H and O–H groups in total. The third-order valence-electron chi connectivity index (χ3n) is 2.10. The standard InChI is InChI=1S/C10H15NO/c1-4-8-6-7(3)10(12)9(5-2)11-8/h6,12H,4-5H2,1-3H3/p+1. The molecule has 0 bridgehead atoms. The summed E-state index contributed by atoms with van der Waals surface area (Å²) in [6.07, 6.45) is 1.83. The van der Waals surface area contributed by atoms with Crippen molar-refractivity contribution in [2.45, 2.75) is 33.6 Å². The Kier molecular flexibility index (Phi) is 2.69. The highest BCUT2D eigenvalue weighted by molar-refractivity contribution is 5.32. The Labute approximate surface area is 73.3 Å². The Bertz CT molecular complexity index is 281. The molecule has 1 aromatic heterocycles. The molecule has 0 unspecified atom stereocenters. The number of nitrogens with one attached hydrogen (secondary N) is 1. The highest BCUT2D eigenvalue weighted by Gasteiger charge is 2.11. The van der Waals surface area contributed by atoms with Gasteiger partial charge in [-0.15, -0.1) is 0 Å². The van der Waals surface area contributed by atoms with Crippen molar-refractivity contribution in [3.63, 3.8) is 0 Å². The molecule has 1 rings (SSSR count). The Balaban J connectivity index is 3.19. The number of aromatic nitrogens is 1. The topological polar surface area (TPSA) is 34.4 Å². The van der Waals surface area contributed by atoms with Gasteiger partial charge >= 0.3 is 0 Å². The van der Waals surface area contributed by atoms with Gasteiger partial charge in [-0.3, -0.25) is 0 Å². The molecule has 1 heterocycles. The van der Waals surface area contributed by atoms with Crippen LogP contribution in [0.2, 0.25) is 0 Å². The minimum Gasteiger partial charge on any atom is -0.502 e. The molecule has 0 saturated heterocycles. The number of aromatic amines is 1. The zero-order valence-corrected chi connectivity index (χ0v) is 7.94. The quantitative estimate of drug-likeness (QED) is 0.712. The van der Waals surface area contributed by atoms with Crippen LogP contribution in [0.25, 0.3) is 0 Å². The number of H-pyrrole nitrogens is 1. The van der Waals surface area contributed by atoms with Crippen LogP contribution in [0.3, 0.4) is 0 Å². The van der Waals surface area contributed by atoms with Gasteiger partial charge < -0.3 is 5.11 Å². The fourth-order valence-corrected chi connectivity index (χ4v) is 1.30. The van der Waals surface area contributed by atoms with Gasteiger partial charge in [0.15, 0.2) is 11.4 Å². The molecule has 0 radical (unpaired) electrons. The summed E-state index contributed by atoms with van der Waals surface area (Å²) in [5.74, 6) is 0.412. The van der Waals surface area contributed by atoms with E-state index in [-0.39, 0.29) is 0 Å². The van der Waals surface area contributed by atoms with Crippen LogP contribution in [0.4, 0.5) is 0 Å². The van der Waals surface area contributed by atoms with Crippen LogP contribution >= 0.6 is 0 Å². The summed E-state index contributed by atoms with van der Waals surface area (Å²) in [7, 11) is 0. The smallest absolute Gasteiger partial charge is 0.221 e. The van der Waals surface area contributed by atoms with Crippen molar-refractivity contribution in [2.75, 3.05) is 0 Å². The van der Waals surface area contributed by atoms with Gasteiger partial charge in [-0.2, -0.15) is 0 Å². The van der Waals surface area contributed by atoms with Crippen LogP contribution in [0.15, 0.2) is 6.07 Å². The van der Waals surface area contributed by atoms with Crippen LogP contribution in [-0.2, 0) is 12.8 Å². The van der Waals surface area contributed by atoms with E-state index >= 15 is 0 Å². The molecule has 0 aliphatic carbocycles. The SMILES string of the molecule is CCc1cc(C)c(O)c(CC)[nH+]1. The Morgan fingerprint density at radius 1 is 1.33 bits per heavy atom. The first-order valence-corrected chi connectivity index (χ1v) is 4.42. The maximum atomic E-state index is 9.59. The van der Waals surface area contributed by atoms with E-state index in [0.29, 0.717) is 5.75 Å². The first-order valence-electron chi connectivity index (χ1n) is 4.42. The normalized spacial score (nSPS) is 10.2. The third kappa shape index (κ3) is 1.58. The highest BCUT2D eigenvalue weighted by atomic mass is 16.3. The summed E-state index contributed by atoms with van der Waals surface area (Å²) in [4.78, 5) is 3.20.